The van der Waals surface area contributed by atoms with Crippen molar-refractivity contribution in [1.82, 2.24) is 4.98 Å². The summed E-state index contributed by atoms with van der Waals surface area (Å²) in [6.45, 7) is 2.96. The average molecular weight is 467 g/mol. The van der Waals surface area contributed by atoms with Gasteiger partial charge in [-0.1, -0.05) is 29.1 Å². The van der Waals surface area contributed by atoms with Gasteiger partial charge in [0.25, 0.3) is 0 Å². The molecule has 1 N–H and O–H groups in total. The van der Waals surface area contributed by atoms with Gasteiger partial charge in [0.2, 0.25) is 0 Å². The number of hydrogen-bond acceptors (Lipinski definition) is 6. The number of pyridine rings is 1. The maximum atomic E-state index is 14.6. The predicted octanol–water partition coefficient (Wildman–Crippen LogP) is 5.81. The van der Waals surface area contributed by atoms with Crippen LogP contribution in [0.2, 0.25) is 0 Å². The van der Waals surface area contributed by atoms with Crippen LogP contribution in [-0.4, -0.2) is 36.2 Å². The van der Waals surface area contributed by atoms with Crippen molar-refractivity contribution in [2.75, 3.05) is 20.3 Å². The average Bonchev–Trinajstić information content (AvgIpc) is 2.84. The molecule has 2 heterocycles. The Morgan fingerprint density at radius 2 is 2.00 bits per heavy atom. The van der Waals surface area contributed by atoms with E-state index in [1.54, 1.807) is 32.4 Å². The van der Waals surface area contributed by atoms with E-state index < -0.39 is 5.60 Å². The van der Waals surface area contributed by atoms with Crippen LogP contribution in [0.5, 0.6) is 0 Å². The first-order chi connectivity index (χ1) is 16.0. The fraction of sp³-hybridized carbons (Fsp3) is 0.308. The van der Waals surface area contributed by atoms with Crippen molar-refractivity contribution in [3.8, 4) is 0 Å². The Morgan fingerprint density at radius 3 is 2.70 bits per heavy atom. The highest BCUT2D eigenvalue weighted by atomic mass is 32.2. The molecule has 1 aromatic heterocycles. The molecule has 4 rings (SSSR count). The minimum atomic E-state index is -0.528. The number of halogens is 1. The summed E-state index contributed by atoms with van der Waals surface area (Å²) in [5, 5.41) is 12.7. The highest BCUT2D eigenvalue weighted by molar-refractivity contribution is 7.99. The van der Waals surface area contributed by atoms with Crippen LogP contribution < -0.4 is 0 Å². The zero-order valence-electron chi connectivity index (χ0n) is 18.8. The standard InChI is InChI=1S/C26H27FN2O3S/c1-18(29-30)25-6-5-23(13-20(25)12-19-4-3-9-28-17-19)33-24-15-21(14-22(27)16-24)26(31-2)7-10-32-11-8-26/h3-6,9,13-17,30H,7-8,10-12H2,1-2H3/b29-18+. The SMILES string of the molecule is COC1(c2cc(F)cc(Sc3ccc(/C(C)=N/O)c(Cc4cccnc4)c3)c2)CCOCC1. The number of oxime groups is 1. The largest absolute Gasteiger partial charge is 0.411 e. The van der Waals surface area contributed by atoms with Crippen LogP contribution in [0.15, 0.2) is 75.9 Å². The van der Waals surface area contributed by atoms with Crippen molar-refractivity contribution in [1.29, 1.82) is 0 Å². The molecule has 1 aliphatic rings. The molecule has 3 aromatic rings. The number of ether oxygens (including phenoxy) is 2. The highest BCUT2D eigenvalue weighted by Crippen LogP contribution is 2.39. The fourth-order valence-electron chi connectivity index (χ4n) is 4.24. The third-order valence-electron chi connectivity index (χ3n) is 6.06. The van der Waals surface area contributed by atoms with E-state index in [1.807, 2.05) is 36.5 Å². The number of nitrogens with zero attached hydrogens (tertiary/aromatic N) is 2. The van der Waals surface area contributed by atoms with Crippen LogP contribution in [0.4, 0.5) is 4.39 Å². The second-order valence-corrected chi connectivity index (χ2v) is 9.28. The van der Waals surface area contributed by atoms with Crippen LogP contribution in [0, 0.1) is 5.82 Å². The third-order valence-corrected chi connectivity index (χ3v) is 7.02. The molecule has 0 bridgehead atoms. The Balaban J connectivity index is 1.66. The minimum Gasteiger partial charge on any atom is -0.411 e. The summed E-state index contributed by atoms with van der Waals surface area (Å²) in [6, 6.07) is 15.0. The van der Waals surface area contributed by atoms with Gasteiger partial charge in [0.1, 0.15) is 5.82 Å². The van der Waals surface area contributed by atoms with Crippen LogP contribution in [-0.2, 0) is 21.5 Å². The molecule has 1 aliphatic heterocycles. The van der Waals surface area contributed by atoms with Gasteiger partial charge in [-0.05, 0) is 66.4 Å². The number of benzene rings is 2. The maximum absolute atomic E-state index is 14.6. The molecule has 0 amide bonds. The van der Waals surface area contributed by atoms with Gasteiger partial charge in [-0.3, -0.25) is 4.98 Å². The summed E-state index contributed by atoms with van der Waals surface area (Å²) in [4.78, 5) is 5.97. The van der Waals surface area contributed by atoms with E-state index in [2.05, 4.69) is 16.2 Å². The van der Waals surface area contributed by atoms with E-state index in [4.69, 9.17) is 9.47 Å². The smallest absolute Gasteiger partial charge is 0.124 e. The number of rotatable bonds is 7. The molecule has 172 valence electrons. The van der Waals surface area contributed by atoms with Gasteiger partial charge in [0, 0.05) is 60.9 Å². The zero-order chi connectivity index (χ0) is 23.3. The molecule has 0 atom stereocenters. The molecule has 0 saturated carbocycles. The van der Waals surface area contributed by atoms with Crippen molar-refractivity contribution in [3.05, 3.63) is 89.0 Å². The van der Waals surface area contributed by atoms with Crippen molar-refractivity contribution in [2.24, 2.45) is 5.16 Å². The van der Waals surface area contributed by atoms with Gasteiger partial charge >= 0.3 is 0 Å². The summed E-state index contributed by atoms with van der Waals surface area (Å²) in [5.74, 6) is -0.284. The van der Waals surface area contributed by atoms with Gasteiger partial charge < -0.3 is 14.7 Å². The van der Waals surface area contributed by atoms with Gasteiger partial charge in [-0.25, -0.2) is 4.39 Å². The lowest BCUT2D eigenvalue weighted by atomic mass is 9.86. The Hall–Kier alpha value is -2.74. The van der Waals surface area contributed by atoms with E-state index in [0.717, 1.165) is 32.0 Å². The van der Waals surface area contributed by atoms with E-state index >= 15 is 0 Å². The van der Waals surface area contributed by atoms with E-state index in [1.165, 1.54) is 11.8 Å². The van der Waals surface area contributed by atoms with E-state index in [0.29, 0.717) is 38.2 Å². The van der Waals surface area contributed by atoms with E-state index in [9.17, 15) is 9.60 Å². The lowest BCUT2D eigenvalue weighted by Crippen LogP contribution is -2.35. The van der Waals surface area contributed by atoms with Crippen molar-refractivity contribution in [2.45, 2.75) is 41.6 Å². The fourth-order valence-corrected chi connectivity index (χ4v) is 5.21. The molecule has 0 unspecified atom stereocenters. The van der Waals surface area contributed by atoms with Crippen molar-refractivity contribution < 1.29 is 19.1 Å². The molecule has 33 heavy (non-hydrogen) atoms. The molecule has 0 radical (unpaired) electrons. The summed E-state index contributed by atoms with van der Waals surface area (Å²) in [7, 11) is 1.68. The van der Waals surface area contributed by atoms with Crippen LogP contribution in [0.3, 0.4) is 0 Å². The third kappa shape index (κ3) is 5.43. The second-order valence-electron chi connectivity index (χ2n) is 8.13. The quantitative estimate of drug-likeness (QED) is 0.270. The first kappa shape index (κ1) is 23.4. The number of hydrogen-bond donors (Lipinski definition) is 1. The van der Waals surface area contributed by atoms with Gasteiger partial charge in [0.05, 0.1) is 11.3 Å². The summed E-state index contributed by atoms with van der Waals surface area (Å²) >= 11 is 1.50. The lowest BCUT2D eigenvalue weighted by Gasteiger charge is -2.36. The zero-order valence-corrected chi connectivity index (χ0v) is 19.6. The lowest BCUT2D eigenvalue weighted by molar-refractivity contribution is -0.0950. The first-order valence-electron chi connectivity index (χ1n) is 10.9. The molecule has 7 heteroatoms. The van der Waals surface area contributed by atoms with E-state index in [-0.39, 0.29) is 5.82 Å². The molecule has 2 aromatic carbocycles. The molecule has 0 spiro atoms. The van der Waals surface area contributed by atoms with Crippen molar-refractivity contribution in [3.63, 3.8) is 0 Å². The number of methoxy groups -OCH3 is 1. The maximum Gasteiger partial charge on any atom is 0.124 e. The van der Waals surface area contributed by atoms with Crippen molar-refractivity contribution >= 4 is 17.5 Å². The topological polar surface area (TPSA) is 63.9 Å². The van der Waals surface area contributed by atoms with Gasteiger partial charge in [-0.15, -0.1) is 0 Å². The molecule has 5 nitrogen and oxygen atoms in total. The Labute approximate surface area is 197 Å². The normalized spacial score (nSPS) is 16.0. The monoisotopic (exact) mass is 466 g/mol. The highest BCUT2D eigenvalue weighted by Gasteiger charge is 2.35. The molecule has 1 fully saturated rings. The molecular formula is C26H27FN2O3S. The summed E-state index contributed by atoms with van der Waals surface area (Å²) in [5.41, 5.74) is 3.79. The molecule has 1 saturated heterocycles. The Kier molecular flexibility index (Phi) is 7.42. The van der Waals surface area contributed by atoms with Crippen LogP contribution in [0.25, 0.3) is 0 Å². The Morgan fingerprint density at radius 1 is 1.18 bits per heavy atom. The van der Waals surface area contributed by atoms with Crippen LogP contribution in [0.1, 0.15) is 42.0 Å². The number of aromatic nitrogens is 1. The molecule has 0 aliphatic carbocycles. The first-order valence-corrected chi connectivity index (χ1v) is 11.7. The summed E-state index contributed by atoms with van der Waals surface area (Å²) < 4.78 is 26.0. The van der Waals surface area contributed by atoms with Gasteiger partial charge in [-0.2, -0.15) is 0 Å². The van der Waals surface area contributed by atoms with Gasteiger partial charge in [0.15, 0.2) is 0 Å². The summed E-state index contributed by atoms with van der Waals surface area (Å²) in [6.07, 6.45) is 5.60. The second kappa shape index (κ2) is 10.5. The van der Waals surface area contributed by atoms with Crippen LogP contribution >= 0.6 is 11.8 Å². The minimum absolute atomic E-state index is 0.284. The predicted molar refractivity (Wildman–Crippen MR) is 127 cm³/mol. The Bertz CT molecular complexity index is 1130. The molecular weight excluding hydrogens is 439 g/mol.